The minimum Gasteiger partial charge on any atom is -0.385 e. The molecular weight excluding hydrogens is 595 g/mol. The van der Waals surface area contributed by atoms with Gasteiger partial charge in [-0.3, -0.25) is 4.79 Å². The molecule has 2 N–H and O–H groups in total. The fourth-order valence-corrected chi connectivity index (χ4v) is 7.90. The molecule has 2 aliphatic rings. The number of aromatic nitrogens is 2. The number of sulfonamides is 1. The molecular formula is C28H33ClF3N5O4S. The second-order valence-electron chi connectivity index (χ2n) is 10.8. The highest BCUT2D eigenvalue weighted by molar-refractivity contribution is 7.89. The van der Waals surface area contributed by atoms with Gasteiger partial charge in [0.2, 0.25) is 15.9 Å². The molecule has 0 aliphatic carbocycles. The first-order chi connectivity index (χ1) is 19.9. The number of imidazole rings is 1. The molecule has 3 heterocycles. The van der Waals surface area contributed by atoms with Crippen molar-refractivity contribution in [3.8, 4) is 0 Å². The van der Waals surface area contributed by atoms with Crippen molar-refractivity contribution in [2.75, 3.05) is 39.9 Å². The minimum absolute atomic E-state index is 0.0287. The fourth-order valence-electron chi connectivity index (χ4n) is 5.90. The lowest BCUT2D eigenvalue weighted by Crippen LogP contribution is -2.47. The van der Waals surface area contributed by atoms with E-state index in [0.29, 0.717) is 32.3 Å². The smallest absolute Gasteiger partial charge is 0.385 e. The van der Waals surface area contributed by atoms with Crippen LogP contribution >= 0.6 is 11.6 Å². The van der Waals surface area contributed by atoms with Crippen LogP contribution in [-0.2, 0) is 32.3 Å². The van der Waals surface area contributed by atoms with Crippen molar-refractivity contribution >= 4 is 38.6 Å². The Labute approximate surface area is 247 Å². The van der Waals surface area contributed by atoms with E-state index in [1.807, 2.05) is 24.3 Å². The summed E-state index contributed by atoms with van der Waals surface area (Å²) in [6.07, 6.45) is -2.37. The number of fused-ring (bicyclic) bond motifs is 1. The Bertz CT molecular complexity index is 1560. The van der Waals surface area contributed by atoms with Gasteiger partial charge in [0.05, 0.1) is 27.5 Å². The summed E-state index contributed by atoms with van der Waals surface area (Å²) in [4.78, 5) is 19.7. The molecule has 1 unspecified atom stereocenters. The van der Waals surface area contributed by atoms with Crippen LogP contribution in [0.5, 0.6) is 0 Å². The number of alkyl halides is 3. The Morgan fingerprint density at radius 3 is 2.67 bits per heavy atom. The summed E-state index contributed by atoms with van der Waals surface area (Å²) >= 11 is 6.03. The van der Waals surface area contributed by atoms with Crippen molar-refractivity contribution in [3.63, 3.8) is 0 Å². The predicted molar refractivity (Wildman–Crippen MR) is 151 cm³/mol. The van der Waals surface area contributed by atoms with Crippen LogP contribution in [0, 0.1) is 5.92 Å². The highest BCUT2D eigenvalue weighted by atomic mass is 35.5. The molecule has 2 aliphatic heterocycles. The molecule has 2 saturated heterocycles. The fraction of sp³-hybridized carbons (Fsp3) is 0.500. The van der Waals surface area contributed by atoms with E-state index in [0.717, 1.165) is 52.6 Å². The van der Waals surface area contributed by atoms with Crippen LogP contribution in [-0.4, -0.2) is 79.0 Å². The second-order valence-corrected chi connectivity index (χ2v) is 13.1. The summed E-state index contributed by atoms with van der Waals surface area (Å²) in [5.41, 5.74) is 7.04. The van der Waals surface area contributed by atoms with E-state index < -0.39 is 38.6 Å². The molecule has 0 radical (unpaired) electrons. The first-order valence-electron chi connectivity index (χ1n) is 13.8. The number of methoxy groups -OCH3 is 1. The molecule has 2 aromatic carbocycles. The summed E-state index contributed by atoms with van der Waals surface area (Å²) in [5, 5.41) is -0.335. The maximum absolute atomic E-state index is 13.7. The zero-order chi connectivity index (χ0) is 30.2. The summed E-state index contributed by atoms with van der Waals surface area (Å²) in [7, 11) is -2.78. The second kappa shape index (κ2) is 12.1. The number of hydrogen-bond acceptors (Lipinski definition) is 6. The van der Waals surface area contributed by atoms with Crippen molar-refractivity contribution in [3.05, 3.63) is 58.9 Å². The number of piperidine rings is 1. The van der Waals surface area contributed by atoms with Gasteiger partial charge in [-0.25, -0.2) is 13.4 Å². The standard InChI is InChI=1S/C28H33ClF3N5O4S/c1-41-13-5-12-37-24-8-3-2-7-23(24)34-26(37)18-6-4-11-35(15-18)27(38)20-16-36(17-22(20)33)42(39,40)25-14-19(28(30,31)32)9-10-21(25)29/h2-3,7-10,14,18,20,22H,4-6,11-13,15-17,33H2,1H3/t18?,20-,22-/m1/s1. The molecule has 5 rings (SSSR count). The van der Waals surface area contributed by atoms with E-state index in [-0.39, 0.29) is 29.9 Å². The summed E-state index contributed by atoms with van der Waals surface area (Å²) < 4.78 is 75.0. The Balaban J connectivity index is 1.34. The van der Waals surface area contributed by atoms with Crippen molar-refractivity contribution in [2.24, 2.45) is 11.7 Å². The number of ether oxygens (including phenoxy) is 1. The van der Waals surface area contributed by atoms with Crippen LogP contribution in [0.1, 0.15) is 36.6 Å². The van der Waals surface area contributed by atoms with Crippen LogP contribution in [0.2, 0.25) is 5.02 Å². The number of amides is 1. The van der Waals surface area contributed by atoms with Gasteiger partial charge in [0, 0.05) is 58.4 Å². The van der Waals surface area contributed by atoms with Crippen LogP contribution in [0.3, 0.4) is 0 Å². The zero-order valence-electron chi connectivity index (χ0n) is 23.1. The molecule has 1 aromatic heterocycles. The molecule has 3 atom stereocenters. The van der Waals surface area contributed by atoms with Gasteiger partial charge in [-0.05, 0) is 49.6 Å². The van der Waals surface area contributed by atoms with Gasteiger partial charge >= 0.3 is 6.18 Å². The lowest BCUT2D eigenvalue weighted by molar-refractivity contribution is -0.138. The van der Waals surface area contributed by atoms with E-state index in [1.165, 1.54) is 0 Å². The van der Waals surface area contributed by atoms with E-state index in [4.69, 9.17) is 27.1 Å². The van der Waals surface area contributed by atoms with Crippen molar-refractivity contribution < 1.29 is 31.1 Å². The van der Waals surface area contributed by atoms with Gasteiger partial charge < -0.3 is 19.9 Å². The maximum Gasteiger partial charge on any atom is 0.416 e. The topological polar surface area (TPSA) is 111 Å². The van der Waals surface area contributed by atoms with Gasteiger partial charge in [0.1, 0.15) is 10.7 Å². The van der Waals surface area contributed by atoms with E-state index in [2.05, 4.69) is 4.57 Å². The van der Waals surface area contributed by atoms with Gasteiger partial charge in [0.25, 0.3) is 0 Å². The van der Waals surface area contributed by atoms with E-state index in [1.54, 1.807) is 12.0 Å². The van der Waals surface area contributed by atoms with Gasteiger partial charge in [-0.2, -0.15) is 17.5 Å². The van der Waals surface area contributed by atoms with Crippen LogP contribution < -0.4 is 5.73 Å². The van der Waals surface area contributed by atoms with Crippen LogP contribution in [0.15, 0.2) is 47.4 Å². The molecule has 0 spiro atoms. The molecule has 0 bridgehead atoms. The van der Waals surface area contributed by atoms with Crippen LogP contribution in [0.25, 0.3) is 11.0 Å². The number of hydrogen-bond donors (Lipinski definition) is 1. The summed E-state index contributed by atoms with van der Waals surface area (Å²) in [5.74, 6) is -0.256. The average molecular weight is 628 g/mol. The molecule has 228 valence electrons. The third kappa shape index (κ3) is 6.02. The Morgan fingerprint density at radius 1 is 1.17 bits per heavy atom. The van der Waals surface area contributed by atoms with Gasteiger partial charge in [0.15, 0.2) is 0 Å². The van der Waals surface area contributed by atoms with Gasteiger partial charge in [-0.1, -0.05) is 23.7 Å². The normalized spacial score (nSPS) is 22.2. The average Bonchev–Trinajstić information content (AvgIpc) is 3.53. The number of carbonyl (C=O) groups is 1. The molecule has 0 saturated carbocycles. The molecule has 2 fully saturated rings. The van der Waals surface area contributed by atoms with Crippen molar-refractivity contribution in [1.82, 2.24) is 18.8 Å². The lowest BCUT2D eigenvalue weighted by atomic mass is 9.94. The summed E-state index contributed by atoms with van der Waals surface area (Å²) in [6, 6.07) is 9.21. The van der Waals surface area contributed by atoms with Crippen molar-refractivity contribution in [1.29, 1.82) is 0 Å². The number of carbonyl (C=O) groups excluding carboxylic acids is 1. The monoisotopic (exact) mass is 627 g/mol. The third-order valence-corrected chi connectivity index (χ3v) is 10.4. The number of rotatable bonds is 8. The Morgan fingerprint density at radius 2 is 1.93 bits per heavy atom. The number of aryl methyl sites for hydroxylation is 1. The van der Waals surface area contributed by atoms with Crippen molar-refractivity contribution in [2.45, 2.75) is 48.8 Å². The van der Waals surface area contributed by atoms with E-state index in [9.17, 15) is 26.4 Å². The molecule has 14 heteroatoms. The predicted octanol–water partition coefficient (Wildman–Crippen LogP) is 4.10. The number of nitrogens with zero attached hydrogens (tertiary/aromatic N) is 4. The number of para-hydroxylation sites is 2. The minimum atomic E-state index is -4.75. The summed E-state index contributed by atoms with van der Waals surface area (Å²) in [6.45, 7) is 1.76. The SMILES string of the molecule is COCCCn1c(C2CCCN(C(=O)[C@@H]3CN(S(=O)(=O)c4cc(C(F)(F)F)ccc4Cl)C[C@H]3N)C2)nc2ccccc21. The highest BCUT2D eigenvalue weighted by Crippen LogP contribution is 2.36. The number of benzene rings is 2. The van der Waals surface area contributed by atoms with Gasteiger partial charge in [-0.15, -0.1) is 0 Å². The number of halogens is 4. The molecule has 9 nitrogen and oxygen atoms in total. The van der Waals surface area contributed by atoms with E-state index >= 15 is 0 Å². The lowest BCUT2D eigenvalue weighted by Gasteiger charge is -2.35. The molecule has 3 aromatic rings. The molecule has 42 heavy (non-hydrogen) atoms. The Hall–Kier alpha value is -2.71. The van der Waals surface area contributed by atoms with Crippen LogP contribution in [0.4, 0.5) is 13.2 Å². The molecule has 1 amide bonds. The number of likely N-dealkylation sites (tertiary alicyclic amines) is 1. The highest BCUT2D eigenvalue weighted by Gasteiger charge is 2.44. The maximum atomic E-state index is 13.7. The quantitative estimate of drug-likeness (QED) is 0.377. The number of nitrogens with two attached hydrogens (primary N) is 1. The first-order valence-corrected chi connectivity index (χ1v) is 15.6. The largest absolute Gasteiger partial charge is 0.416 e. The third-order valence-electron chi connectivity index (χ3n) is 8.04. The Kier molecular flexibility index (Phi) is 8.87. The zero-order valence-corrected chi connectivity index (χ0v) is 24.6. The first kappa shape index (κ1) is 30.7.